The molecule has 1 rings (SSSR count). The van der Waals surface area contributed by atoms with Crippen molar-refractivity contribution in [1.82, 2.24) is 0 Å². The molecule has 3 nitrogen and oxygen atoms in total. The van der Waals surface area contributed by atoms with Crippen molar-refractivity contribution < 1.29 is 4.55 Å². The van der Waals surface area contributed by atoms with E-state index < -0.39 is 11.2 Å². The second kappa shape index (κ2) is 3.89. The first-order chi connectivity index (χ1) is 5.65. The van der Waals surface area contributed by atoms with Crippen molar-refractivity contribution in [2.75, 3.05) is 6.26 Å². The Morgan fingerprint density at radius 3 is 2.75 bits per heavy atom. The first-order valence-electron chi connectivity index (χ1n) is 3.11. The van der Waals surface area contributed by atoms with E-state index in [9.17, 15) is 9.46 Å². The van der Waals surface area contributed by atoms with Gasteiger partial charge in [0.1, 0.15) is 11.9 Å². The molecule has 0 radical (unpaired) electrons. The Kier molecular flexibility index (Phi) is 3.08. The lowest BCUT2D eigenvalue weighted by Crippen LogP contribution is -1.95. The predicted molar refractivity (Wildman–Crippen MR) is 49.2 cm³/mol. The van der Waals surface area contributed by atoms with Gasteiger partial charge < -0.3 is 4.55 Å². The van der Waals surface area contributed by atoms with Crippen LogP contribution in [0.15, 0.2) is 28.3 Å². The molecule has 1 unspecified atom stereocenters. The lowest BCUT2D eigenvalue weighted by atomic mass is 10.3. The van der Waals surface area contributed by atoms with E-state index in [0.717, 1.165) is 0 Å². The fourth-order valence-corrected chi connectivity index (χ4v) is 1.43. The maximum atomic E-state index is 10.9. The number of nitrogens with zero attached hydrogens (tertiary/aromatic N) is 1. The highest BCUT2D eigenvalue weighted by Gasteiger charge is 2.08. The summed E-state index contributed by atoms with van der Waals surface area (Å²) in [6, 6.07) is 4.54. The highest BCUT2D eigenvalue weighted by Crippen LogP contribution is 2.27. The fraction of sp³-hybridized carbons (Fsp3) is 0.143. The van der Waals surface area contributed by atoms with Crippen molar-refractivity contribution in [3.63, 3.8) is 0 Å². The minimum absolute atomic E-state index is 0.129. The van der Waals surface area contributed by atoms with Crippen LogP contribution >= 0.6 is 11.6 Å². The van der Waals surface area contributed by atoms with Crippen molar-refractivity contribution in [3.05, 3.63) is 28.1 Å². The van der Waals surface area contributed by atoms with Gasteiger partial charge in [-0.2, -0.15) is 0 Å². The van der Waals surface area contributed by atoms with Gasteiger partial charge in [-0.15, -0.1) is 4.91 Å². The van der Waals surface area contributed by atoms with E-state index in [2.05, 4.69) is 5.18 Å². The van der Waals surface area contributed by atoms with Crippen LogP contribution in [0.1, 0.15) is 0 Å². The molecule has 0 saturated heterocycles. The summed E-state index contributed by atoms with van der Waals surface area (Å²) in [5.74, 6) is 0. The third kappa shape index (κ3) is 1.97. The highest BCUT2D eigenvalue weighted by molar-refractivity contribution is 7.90. The molecule has 5 heteroatoms. The molecule has 0 fully saturated rings. The van der Waals surface area contributed by atoms with Gasteiger partial charge in [0.15, 0.2) is 4.90 Å². The average Bonchev–Trinajstić information content (AvgIpc) is 2.05. The second-order valence-electron chi connectivity index (χ2n) is 2.16. The van der Waals surface area contributed by atoms with E-state index in [1.165, 1.54) is 18.4 Å². The number of nitroso groups, excluding NO2 is 1. The van der Waals surface area contributed by atoms with Crippen LogP contribution in [0.4, 0.5) is 5.69 Å². The quantitative estimate of drug-likeness (QED) is 0.548. The van der Waals surface area contributed by atoms with E-state index in [-0.39, 0.29) is 10.7 Å². The third-order valence-electron chi connectivity index (χ3n) is 1.35. The van der Waals surface area contributed by atoms with E-state index >= 15 is 0 Å². The summed E-state index contributed by atoms with van der Waals surface area (Å²) in [5.41, 5.74) is 0.129. The molecule has 0 amide bonds. The van der Waals surface area contributed by atoms with Gasteiger partial charge >= 0.3 is 0 Å². The topological polar surface area (TPSA) is 52.5 Å². The Labute approximate surface area is 77.9 Å². The number of halogens is 1. The number of benzene rings is 1. The van der Waals surface area contributed by atoms with Crippen LogP contribution in [0.3, 0.4) is 0 Å². The van der Waals surface area contributed by atoms with Crippen LogP contribution in [-0.2, 0) is 11.2 Å². The first-order valence-corrected chi connectivity index (χ1v) is 5.05. The van der Waals surface area contributed by atoms with Gasteiger partial charge in [-0.25, -0.2) is 0 Å². The normalized spacial score (nSPS) is 12.6. The Morgan fingerprint density at radius 1 is 1.58 bits per heavy atom. The molecular formula is C7H6ClNO2S. The van der Waals surface area contributed by atoms with Crippen LogP contribution in [-0.4, -0.2) is 10.8 Å². The Balaban J connectivity index is 3.13. The maximum Gasteiger partial charge on any atom is 0.154 e. The SMILES string of the molecule is C[S+]([O-])c1ccc(Cl)c(N=O)c1. The largest absolute Gasteiger partial charge is 0.612 e. The number of hydrogen-bond acceptors (Lipinski definition) is 3. The summed E-state index contributed by atoms with van der Waals surface area (Å²) in [6.07, 6.45) is 1.53. The molecule has 1 aromatic carbocycles. The molecule has 0 saturated carbocycles. The van der Waals surface area contributed by atoms with Crippen LogP contribution in [0.5, 0.6) is 0 Å². The molecule has 0 aliphatic carbocycles. The van der Waals surface area contributed by atoms with Crippen molar-refractivity contribution in [2.45, 2.75) is 4.90 Å². The molecule has 0 bridgehead atoms. The van der Waals surface area contributed by atoms with Crippen molar-refractivity contribution in [1.29, 1.82) is 0 Å². The molecule has 0 aliphatic rings. The van der Waals surface area contributed by atoms with Crippen molar-refractivity contribution >= 4 is 28.5 Å². The lowest BCUT2D eigenvalue weighted by molar-refractivity contribution is 0.601. The Hall–Kier alpha value is -0.580. The molecule has 12 heavy (non-hydrogen) atoms. The second-order valence-corrected chi connectivity index (χ2v) is 3.95. The smallest absolute Gasteiger partial charge is 0.154 e. The summed E-state index contributed by atoms with van der Waals surface area (Å²) in [5, 5.41) is 2.97. The summed E-state index contributed by atoms with van der Waals surface area (Å²) >= 11 is 4.50. The van der Waals surface area contributed by atoms with Gasteiger partial charge in [-0.1, -0.05) is 11.6 Å². The predicted octanol–water partition coefficient (Wildman–Crippen LogP) is 2.48. The zero-order valence-corrected chi connectivity index (χ0v) is 7.85. The standard InChI is InChI=1S/C7H6ClNO2S/c1-12(11)5-2-3-6(8)7(4-5)9-10/h2-4H,1H3. The first kappa shape index (κ1) is 9.51. The van der Waals surface area contributed by atoms with E-state index in [1.807, 2.05) is 0 Å². The van der Waals surface area contributed by atoms with Gasteiger partial charge in [-0.05, 0) is 28.5 Å². The van der Waals surface area contributed by atoms with Gasteiger partial charge in [0.05, 0.1) is 5.02 Å². The summed E-state index contributed by atoms with van der Waals surface area (Å²) < 4.78 is 10.9. The lowest BCUT2D eigenvalue weighted by Gasteiger charge is -2.03. The van der Waals surface area contributed by atoms with Crippen LogP contribution in [0, 0.1) is 4.91 Å². The summed E-state index contributed by atoms with van der Waals surface area (Å²) in [6.45, 7) is 0. The van der Waals surface area contributed by atoms with Crippen LogP contribution < -0.4 is 0 Å². The molecule has 0 N–H and O–H groups in total. The zero-order chi connectivity index (χ0) is 9.14. The molecular weight excluding hydrogens is 198 g/mol. The van der Waals surface area contributed by atoms with E-state index in [1.54, 1.807) is 6.07 Å². The van der Waals surface area contributed by atoms with Gasteiger partial charge in [-0.3, -0.25) is 0 Å². The van der Waals surface area contributed by atoms with Gasteiger partial charge in [0.2, 0.25) is 0 Å². The number of hydrogen-bond donors (Lipinski definition) is 0. The van der Waals surface area contributed by atoms with Gasteiger partial charge in [0.25, 0.3) is 0 Å². The molecule has 0 spiro atoms. The monoisotopic (exact) mass is 203 g/mol. The molecule has 1 atom stereocenters. The molecule has 64 valence electrons. The average molecular weight is 204 g/mol. The van der Waals surface area contributed by atoms with E-state index in [4.69, 9.17) is 11.6 Å². The van der Waals surface area contributed by atoms with Crippen molar-refractivity contribution in [3.8, 4) is 0 Å². The Morgan fingerprint density at radius 2 is 2.25 bits per heavy atom. The zero-order valence-electron chi connectivity index (χ0n) is 6.28. The van der Waals surface area contributed by atoms with Crippen molar-refractivity contribution in [2.24, 2.45) is 5.18 Å². The fourth-order valence-electron chi connectivity index (χ4n) is 0.741. The molecule has 0 aromatic heterocycles. The third-order valence-corrected chi connectivity index (χ3v) is 2.59. The van der Waals surface area contributed by atoms with E-state index in [0.29, 0.717) is 4.90 Å². The van der Waals surface area contributed by atoms with Crippen LogP contribution in [0.2, 0.25) is 5.02 Å². The molecule has 0 aliphatic heterocycles. The minimum atomic E-state index is -1.11. The van der Waals surface area contributed by atoms with Gasteiger partial charge in [0, 0.05) is 6.07 Å². The molecule has 1 aromatic rings. The molecule has 0 heterocycles. The van der Waals surface area contributed by atoms with Crippen LogP contribution in [0.25, 0.3) is 0 Å². The number of rotatable bonds is 2. The summed E-state index contributed by atoms with van der Waals surface area (Å²) in [7, 11) is 0. The highest BCUT2D eigenvalue weighted by atomic mass is 35.5. The summed E-state index contributed by atoms with van der Waals surface area (Å²) in [4.78, 5) is 10.7. The maximum absolute atomic E-state index is 10.9. The Bertz CT molecular complexity index is 303. The minimum Gasteiger partial charge on any atom is -0.612 e.